The average molecular weight is 432 g/mol. The van der Waals surface area contributed by atoms with Crippen molar-refractivity contribution in [2.75, 3.05) is 54.1 Å². The van der Waals surface area contributed by atoms with E-state index in [1.807, 2.05) is 17.9 Å². The number of aliphatic imine (C=N–C) groups is 1. The van der Waals surface area contributed by atoms with E-state index in [9.17, 15) is 13.2 Å². The number of nitrogens with one attached hydrogen (secondary N) is 1. The summed E-state index contributed by atoms with van der Waals surface area (Å²) in [5.41, 5.74) is 0.815. The van der Waals surface area contributed by atoms with E-state index < -0.39 is 12.2 Å². The standard InChI is InChI=1S/C20H31F3N4O3/c1-6-24-19(27-11-9-26(10-12-27)14(2)20(21,22)23)25-13-15-7-8-16(28-3)18(30-5)17(15)29-4/h7-8,14H,6,9-13H2,1-5H3,(H,24,25). The van der Waals surface area contributed by atoms with E-state index in [1.165, 1.54) is 11.8 Å². The minimum Gasteiger partial charge on any atom is -0.493 e. The van der Waals surface area contributed by atoms with Crippen LogP contribution in [-0.2, 0) is 6.54 Å². The van der Waals surface area contributed by atoms with Crippen molar-refractivity contribution in [3.8, 4) is 17.2 Å². The minimum atomic E-state index is -4.22. The molecule has 1 aromatic rings. The van der Waals surface area contributed by atoms with Crippen molar-refractivity contribution in [3.05, 3.63) is 17.7 Å². The van der Waals surface area contributed by atoms with E-state index in [2.05, 4.69) is 10.3 Å². The molecule has 0 saturated carbocycles. The van der Waals surface area contributed by atoms with E-state index in [4.69, 9.17) is 14.2 Å². The Kier molecular flexibility index (Phi) is 8.45. The summed E-state index contributed by atoms with van der Waals surface area (Å²) in [6, 6.07) is 2.20. The van der Waals surface area contributed by atoms with Crippen LogP contribution in [-0.4, -0.2) is 82.0 Å². The Morgan fingerprint density at radius 2 is 1.70 bits per heavy atom. The molecule has 0 bridgehead atoms. The molecule has 0 aliphatic carbocycles. The first-order chi connectivity index (χ1) is 14.3. The molecule has 10 heteroatoms. The Morgan fingerprint density at radius 1 is 1.07 bits per heavy atom. The maximum atomic E-state index is 13.0. The molecule has 2 rings (SSSR count). The van der Waals surface area contributed by atoms with Crippen molar-refractivity contribution < 1.29 is 27.4 Å². The maximum absolute atomic E-state index is 13.0. The number of hydrogen-bond donors (Lipinski definition) is 1. The van der Waals surface area contributed by atoms with Crippen molar-refractivity contribution >= 4 is 5.96 Å². The molecule has 1 saturated heterocycles. The molecular weight excluding hydrogens is 401 g/mol. The van der Waals surface area contributed by atoms with Gasteiger partial charge in [-0.25, -0.2) is 4.99 Å². The fourth-order valence-corrected chi connectivity index (χ4v) is 3.40. The maximum Gasteiger partial charge on any atom is 0.403 e. The number of benzene rings is 1. The van der Waals surface area contributed by atoms with Crippen molar-refractivity contribution in [1.29, 1.82) is 0 Å². The zero-order valence-electron chi connectivity index (χ0n) is 18.2. The average Bonchev–Trinajstić information content (AvgIpc) is 2.74. The molecule has 0 aromatic heterocycles. The summed E-state index contributed by atoms with van der Waals surface area (Å²) >= 11 is 0. The van der Waals surface area contributed by atoms with Crippen molar-refractivity contribution in [1.82, 2.24) is 15.1 Å². The number of hydrogen-bond acceptors (Lipinski definition) is 5. The van der Waals surface area contributed by atoms with E-state index in [-0.39, 0.29) is 0 Å². The van der Waals surface area contributed by atoms with Crippen LogP contribution >= 0.6 is 0 Å². The summed E-state index contributed by atoms with van der Waals surface area (Å²) in [6.45, 7) is 5.72. The number of methoxy groups -OCH3 is 3. The lowest BCUT2D eigenvalue weighted by molar-refractivity contribution is -0.181. The molecule has 170 valence electrons. The van der Waals surface area contributed by atoms with Crippen molar-refractivity contribution in [2.24, 2.45) is 4.99 Å². The normalized spacial score (nSPS) is 16.9. The third kappa shape index (κ3) is 5.62. The number of rotatable bonds is 7. The number of guanidine groups is 1. The highest BCUT2D eigenvalue weighted by molar-refractivity contribution is 5.80. The zero-order chi connectivity index (χ0) is 22.3. The van der Waals surface area contributed by atoms with Gasteiger partial charge in [0.1, 0.15) is 6.04 Å². The summed E-state index contributed by atoms with van der Waals surface area (Å²) in [5.74, 6) is 2.25. The van der Waals surface area contributed by atoms with Crippen LogP contribution in [0.1, 0.15) is 19.4 Å². The summed E-state index contributed by atoms with van der Waals surface area (Å²) in [4.78, 5) is 8.12. The molecule has 1 fully saturated rings. The summed E-state index contributed by atoms with van der Waals surface area (Å²) in [5, 5.41) is 3.22. The van der Waals surface area contributed by atoms with Crippen LogP contribution in [0.5, 0.6) is 17.2 Å². The van der Waals surface area contributed by atoms with Gasteiger partial charge in [0.05, 0.1) is 27.9 Å². The monoisotopic (exact) mass is 432 g/mol. The Hall–Kier alpha value is -2.36. The van der Waals surface area contributed by atoms with Crippen molar-refractivity contribution in [2.45, 2.75) is 32.6 Å². The van der Waals surface area contributed by atoms with Gasteiger partial charge in [0.2, 0.25) is 5.75 Å². The number of alkyl halides is 3. The SMILES string of the molecule is CCNC(=NCc1ccc(OC)c(OC)c1OC)N1CCN(C(C)C(F)(F)F)CC1. The van der Waals surface area contributed by atoms with Crippen LogP contribution in [0, 0.1) is 0 Å². The van der Waals surface area contributed by atoms with Gasteiger partial charge < -0.3 is 24.4 Å². The molecule has 1 N–H and O–H groups in total. The number of ether oxygens (including phenoxy) is 3. The second-order valence-corrected chi connectivity index (χ2v) is 6.90. The fraction of sp³-hybridized carbons (Fsp3) is 0.650. The van der Waals surface area contributed by atoms with Crippen LogP contribution in [0.4, 0.5) is 13.2 Å². The van der Waals surface area contributed by atoms with Crippen LogP contribution in [0.25, 0.3) is 0 Å². The van der Waals surface area contributed by atoms with Crippen LogP contribution in [0.2, 0.25) is 0 Å². The molecule has 7 nitrogen and oxygen atoms in total. The van der Waals surface area contributed by atoms with Gasteiger partial charge in [0.25, 0.3) is 0 Å². The second kappa shape index (κ2) is 10.6. The van der Waals surface area contributed by atoms with Crippen molar-refractivity contribution in [3.63, 3.8) is 0 Å². The topological polar surface area (TPSA) is 58.6 Å². The smallest absolute Gasteiger partial charge is 0.403 e. The van der Waals surface area contributed by atoms with Gasteiger partial charge in [-0.1, -0.05) is 0 Å². The number of nitrogens with zero attached hydrogens (tertiary/aromatic N) is 3. The van der Waals surface area contributed by atoms with Gasteiger partial charge in [-0.3, -0.25) is 4.90 Å². The predicted molar refractivity (Wildman–Crippen MR) is 110 cm³/mol. The largest absolute Gasteiger partial charge is 0.493 e. The third-order valence-corrected chi connectivity index (χ3v) is 5.16. The van der Waals surface area contributed by atoms with Gasteiger partial charge in [-0.15, -0.1) is 0 Å². The summed E-state index contributed by atoms with van der Waals surface area (Å²) < 4.78 is 55.2. The summed E-state index contributed by atoms with van der Waals surface area (Å²) in [7, 11) is 4.65. The van der Waals surface area contributed by atoms with E-state index >= 15 is 0 Å². The molecule has 1 heterocycles. The van der Waals surface area contributed by atoms with Crippen LogP contribution in [0.3, 0.4) is 0 Å². The molecule has 0 amide bonds. The fourth-order valence-electron chi connectivity index (χ4n) is 3.40. The molecule has 30 heavy (non-hydrogen) atoms. The predicted octanol–water partition coefficient (Wildman–Crippen LogP) is 2.75. The number of piperazine rings is 1. The Labute approximate surface area is 175 Å². The van der Waals surface area contributed by atoms with E-state index in [0.717, 1.165) is 5.56 Å². The van der Waals surface area contributed by atoms with Gasteiger partial charge in [-0.05, 0) is 26.0 Å². The van der Waals surface area contributed by atoms with Gasteiger partial charge in [0, 0.05) is 38.3 Å². The van der Waals surface area contributed by atoms with E-state index in [1.54, 1.807) is 27.4 Å². The first-order valence-electron chi connectivity index (χ1n) is 9.88. The Morgan fingerprint density at radius 3 is 2.20 bits per heavy atom. The lowest BCUT2D eigenvalue weighted by Gasteiger charge is -2.39. The quantitative estimate of drug-likeness (QED) is 0.528. The highest BCUT2D eigenvalue weighted by Crippen LogP contribution is 2.40. The van der Waals surface area contributed by atoms with Crippen LogP contribution < -0.4 is 19.5 Å². The molecule has 0 radical (unpaired) electrons. The third-order valence-electron chi connectivity index (χ3n) is 5.16. The summed E-state index contributed by atoms with van der Waals surface area (Å²) in [6.07, 6.45) is -4.22. The molecular formula is C20H31F3N4O3. The lowest BCUT2D eigenvalue weighted by atomic mass is 10.1. The molecule has 1 aliphatic rings. The first kappa shape index (κ1) is 23.9. The lowest BCUT2D eigenvalue weighted by Crippen LogP contribution is -2.56. The van der Waals surface area contributed by atoms with Gasteiger partial charge in [0.15, 0.2) is 17.5 Å². The molecule has 1 unspecified atom stereocenters. The molecule has 1 aromatic carbocycles. The second-order valence-electron chi connectivity index (χ2n) is 6.90. The highest BCUT2D eigenvalue weighted by Gasteiger charge is 2.41. The van der Waals surface area contributed by atoms with E-state index in [0.29, 0.717) is 62.5 Å². The highest BCUT2D eigenvalue weighted by atomic mass is 19.4. The molecule has 1 atom stereocenters. The Balaban J connectivity index is 2.14. The van der Waals surface area contributed by atoms with Gasteiger partial charge in [-0.2, -0.15) is 13.2 Å². The zero-order valence-corrected chi connectivity index (χ0v) is 18.2. The van der Waals surface area contributed by atoms with Crippen LogP contribution in [0.15, 0.2) is 17.1 Å². The molecule has 1 aliphatic heterocycles. The minimum absolute atomic E-state index is 0.324. The molecule has 0 spiro atoms. The Bertz CT molecular complexity index is 720. The number of halogens is 3. The first-order valence-corrected chi connectivity index (χ1v) is 9.88. The van der Waals surface area contributed by atoms with Gasteiger partial charge >= 0.3 is 6.18 Å².